The SMILES string of the molecule is CCNC1=NC(C)=C2CC(n3cccn3)=CN(C(C)C)C2N1. The second-order valence-corrected chi connectivity index (χ2v) is 5.94. The van der Waals surface area contributed by atoms with Crippen molar-refractivity contribution < 1.29 is 0 Å². The molecule has 0 spiro atoms. The summed E-state index contributed by atoms with van der Waals surface area (Å²) in [6.45, 7) is 9.43. The number of aromatic nitrogens is 2. The number of hydrogen-bond donors (Lipinski definition) is 2. The smallest absolute Gasteiger partial charge is 0.198 e. The van der Waals surface area contributed by atoms with Crippen LogP contribution in [0.2, 0.25) is 0 Å². The summed E-state index contributed by atoms with van der Waals surface area (Å²) in [4.78, 5) is 7.00. The first-order valence-electron chi connectivity index (χ1n) is 7.87. The molecule has 1 aromatic heterocycles. The molecule has 6 nitrogen and oxygen atoms in total. The molecule has 1 atom stereocenters. The summed E-state index contributed by atoms with van der Waals surface area (Å²) in [7, 11) is 0. The van der Waals surface area contributed by atoms with E-state index in [1.165, 1.54) is 11.3 Å². The van der Waals surface area contributed by atoms with Crippen LogP contribution in [0.1, 0.15) is 34.1 Å². The number of guanidine groups is 1. The standard InChI is InChI=1S/C16H24N6/c1-5-17-16-19-12(4)14-9-13(22-8-6-7-18-22)10-21(11(2)3)15(14)20-16/h6-8,10-11,15H,5,9H2,1-4H3,(H2,17,19,20). The topological polar surface area (TPSA) is 57.5 Å². The van der Waals surface area contributed by atoms with Gasteiger partial charge in [-0.05, 0) is 39.3 Å². The average molecular weight is 300 g/mol. The lowest BCUT2D eigenvalue weighted by atomic mass is 9.98. The first-order chi connectivity index (χ1) is 10.6. The van der Waals surface area contributed by atoms with E-state index in [2.05, 4.69) is 59.5 Å². The van der Waals surface area contributed by atoms with Gasteiger partial charge in [-0.15, -0.1) is 0 Å². The van der Waals surface area contributed by atoms with Gasteiger partial charge in [0.15, 0.2) is 5.96 Å². The highest BCUT2D eigenvalue weighted by Gasteiger charge is 2.33. The molecule has 2 aliphatic heterocycles. The van der Waals surface area contributed by atoms with Crippen LogP contribution in [0, 0.1) is 0 Å². The van der Waals surface area contributed by atoms with E-state index in [0.29, 0.717) is 6.04 Å². The zero-order chi connectivity index (χ0) is 15.7. The van der Waals surface area contributed by atoms with Gasteiger partial charge in [-0.2, -0.15) is 5.10 Å². The van der Waals surface area contributed by atoms with E-state index in [0.717, 1.165) is 24.6 Å². The van der Waals surface area contributed by atoms with Crippen LogP contribution < -0.4 is 10.6 Å². The Kier molecular flexibility index (Phi) is 3.92. The zero-order valence-electron chi connectivity index (χ0n) is 13.7. The highest BCUT2D eigenvalue weighted by Crippen LogP contribution is 2.32. The van der Waals surface area contributed by atoms with Crippen molar-refractivity contribution in [3.05, 3.63) is 35.9 Å². The fraction of sp³-hybridized carbons (Fsp3) is 0.500. The van der Waals surface area contributed by atoms with Crippen molar-refractivity contribution in [2.24, 2.45) is 4.99 Å². The van der Waals surface area contributed by atoms with Crippen LogP contribution in [0.25, 0.3) is 5.70 Å². The second-order valence-electron chi connectivity index (χ2n) is 5.94. The van der Waals surface area contributed by atoms with Gasteiger partial charge >= 0.3 is 0 Å². The van der Waals surface area contributed by atoms with Crippen molar-refractivity contribution in [3.63, 3.8) is 0 Å². The molecule has 2 N–H and O–H groups in total. The Hall–Kier alpha value is -2.24. The molecule has 6 heteroatoms. The van der Waals surface area contributed by atoms with Crippen molar-refractivity contribution in [2.45, 2.75) is 46.3 Å². The lowest BCUT2D eigenvalue weighted by molar-refractivity contribution is 0.226. The van der Waals surface area contributed by atoms with Crippen LogP contribution in [0.4, 0.5) is 0 Å². The molecule has 0 bridgehead atoms. The Labute approximate surface area is 131 Å². The Morgan fingerprint density at radius 3 is 2.91 bits per heavy atom. The normalized spacial score (nSPS) is 21.3. The number of fused-ring (bicyclic) bond motifs is 1. The molecule has 2 aliphatic rings. The van der Waals surface area contributed by atoms with Gasteiger partial charge in [-0.3, -0.25) is 0 Å². The number of hydrogen-bond acceptors (Lipinski definition) is 5. The van der Waals surface area contributed by atoms with Gasteiger partial charge < -0.3 is 15.5 Å². The van der Waals surface area contributed by atoms with E-state index < -0.39 is 0 Å². The monoisotopic (exact) mass is 300 g/mol. The number of nitrogens with one attached hydrogen (secondary N) is 2. The summed E-state index contributed by atoms with van der Waals surface area (Å²) >= 11 is 0. The van der Waals surface area contributed by atoms with Crippen molar-refractivity contribution in [1.29, 1.82) is 0 Å². The number of nitrogens with zero attached hydrogens (tertiary/aromatic N) is 4. The van der Waals surface area contributed by atoms with Gasteiger partial charge in [-0.1, -0.05) is 0 Å². The van der Waals surface area contributed by atoms with Crippen LogP contribution in [-0.2, 0) is 0 Å². The van der Waals surface area contributed by atoms with Gasteiger partial charge in [0.05, 0.1) is 5.70 Å². The number of allylic oxidation sites excluding steroid dienone is 2. The van der Waals surface area contributed by atoms with Crippen LogP contribution in [-0.4, -0.2) is 39.4 Å². The van der Waals surface area contributed by atoms with Crippen LogP contribution in [0.15, 0.2) is 40.9 Å². The van der Waals surface area contributed by atoms with Gasteiger partial charge in [-0.25, -0.2) is 9.67 Å². The zero-order valence-corrected chi connectivity index (χ0v) is 13.7. The minimum atomic E-state index is 0.158. The van der Waals surface area contributed by atoms with E-state index in [1.807, 2.05) is 23.1 Å². The maximum Gasteiger partial charge on any atom is 0.198 e. The molecule has 0 amide bonds. The third kappa shape index (κ3) is 2.61. The van der Waals surface area contributed by atoms with E-state index in [4.69, 9.17) is 0 Å². The van der Waals surface area contributed by atoms with Crippen molar-refractivity contribution in [2.75, 3.05) is 6.54 Å². The first kappa shape index (κ1) is 14.7. The highest BCUT2D eigenvalue weighted by atomic mass is 15.4. The van der Waals surface area contributed by atoms with Crippen molar-refractivity contribution in [1.82, 2.24) is 25.3 Å². The Bertz CT molecular complexity index is 623. The molecular weight excluding hydrogens is 276 g/mol. The Morgan fingerprint density at radius 2 is 2.27 bits per heavy atom. The molecule has 0 aliphatic carbocycles. The van der Waals surface area contributed by atoms with Crippen LogP contribution in [0.3, 0.4) is 0 Å². The summed E-state index contributed by atoms with van der Waals surface area (Å²) in [5, 5.41) is 11.2. The lowest BCUT2D eigenvalue weighted by Gasteiger charge is -2.42. The molecule has 1 unspecified atom stereocenters. The van der Waals surface area contributed by atoms with Gasteiger partial charge in [0.1, 0.15) is 6.17 Å². The summed E-state index contributed by atoms with van der Waals surface area (Å²) in [5.41, 5.74) is 3.57. The molecule has 1 aromatic rings. The van der Waals surface area contributed by atoms with Crippen LogP contribution >= 0.6 is 0 Å². The van der Waals surface area contributed by atoms with E-state index >= 15 is 0 Å². The molecule has 3 rings (SSSR count). The van der Waals surface area contributed by atoms with Crippen LogP contribution in [0.5, 0.6) is 0 Å². The van der Waals surface area contributed by atoms with Gasteiger partial charge in [0.2, 0.25) is 0 Å². The molecule has 0 saturated heterocycles. The van der Waals surface area contributed by atoms with Crippen molar-refractivity contribution in [3.8, 4) is 0 Å². The lowest BCUT2D eigenvalue weighted by Crippen LogP contribution is -2.56. The molecule has 3 heterocycles. The highest BCUT2D eigenvalue weighted by molar-refractivity contribution is 5.83. The summed E-state index contributed by atoms with van der Waals surface area (Å²) in [6.07, 6.45) is 7.03. The first-order valence-corrected chi connectivity index (χ1v) is 7.87. The third-order valence-corrected chi connectivity index (χ3v) is 4.05. The molecular formula is C16H24N6. The molecule has 0 aromatic carbocycles. The van der Waals surface area contributed by atoms with Crippen molar-refractivity contribution >= 4 is 11.7 Å². The summed E-state index contributed by atoms with van der Waals surface area (Å²) in [5.74, 6) is 0.857. The quantitative estimate of drug-likeness (QED) is 0.896. The van der Waals surface area contributed by atoms with E-state index in [1.54, 1.807) is 0 Å². The fourth-order valence-corrected chi connectivity index (χ4v) is 2.94. The minimum absolute atomic E-state index is 0.158. The van der Waals surface area contributed by atoms with Gasteiger partial charge in [0.25, 0.3) is 0 Å². The average Bonchev–Trinajstić information content (AvgIpc) is 3.01. The third-order valence-electron chi connectivity index (χ3n) is 4.05. The Balaban J connectivity index is 1.99. The summed E-state index contributed by atoms with van der Waals surface area (Å²) in [6, 6.07) is 2.33. The van der Waals surface area contributed by atoms with Gasteiger partial charge in [0, 0.05) is 43.3 Å². The largest absolute Gasteiger partial charge is 0.356 e. The second kappa shape index (κ2) is 5.87. The predicted molar refractivity (Wildman–Crippen MR) is 88.8 cm³/mol. The van der Waals surface area contributed by atoms with E-state index in [9.17, 15) is 0 Å². The molecule has 22 heavy (non-hydrogen) atoms. The minimum Gasteiger partial charge on any atom is -0.356 e. The molecule has 0 radical (unpaired) electrons. The summed E-state index contributed by atoms with van der Waals surface area (Å²) < 4.78 is 1.94. The Morgan fingerprint density at radius 1 is 1.45 bits per heavy atom. The fourth-order valence-electron chi connectivity index (χ4n) is 2.94. The molecule has 0 saturated carbocycles. The maximum atomic E-state index is 4.66. The number of rotatable bonds is 3. The molecule has 0 fully saturated rings. The number of aliphatic imine (C=N–C) groups is 1. The van der Waals surface area contributed by atoms with E-state index in [-0.39, 0.29) is 6.17 Å². The predicted octanol–water partition coefficient (Wildman–Crippen LogP) is 1.96. The molecule has 118 valence electrons. The maximum absolute atomic E-state index is 4.66.